The molecule has 2 N–H and O–H groups in total. The molecule has 0 amide bonds. The van der Waals surface area contributed by atoms with Crippen LogP contribution in [0, 0.1) is 0 Å². The number of anilines is 1. The molecule has 0 bridgehead atoms. The van der Waals surface area contributed by atoms with Gasteiger partial charge in [-0.15, -0.1) is 0 Å². The van der Waals surface area contributed by atoms with Gasteiger partial charge in [0.15, 0.2) is 12.4 Å². The molecule has 0 radical (unpaired) electrons. The third-order valence-corrected chi connectivity index (χ3v) is 1.97. The van der Waals surface area contributed by atoms with E-state index in [1.165, 1.54) is 6.26 Å². The van der Waals surface area contributed by atoms with Crippen molar-refractivity contribution in [1.82, 2.24) is 4.98 Å². The normalized spacial score (nSPS) is 10.1. The van der Waals surface area contributed by atoms with Crippen LogP contribution in [0.5, 0.6) is 11.5 Å². The Morgan fingerprint density at radius 3 is 2.88 bits per heavy atom. The Labute approximate surface area is 92.8 Å². The first kappa shape index (κ1) is 10.4. The number of hydrogen-bond donors (Lipinski definition) is 1. The molecular weight excluding hydrogens is 208 g/mol. The van der Waals surface area contributed by atoms with Crippen molar-refractivity contribution in [3.63, 3.8) is 0 Å². The molecule has 0 aliphatic heterocycles. The summed E-state index contributed by atoms with van der Waals surface area (Å²) < 4.78 is 15.6. The summed E-state index contributed by atoms with van der Waals surface area (Å²) in [6, 6.07) is 7.30. The predicted molar refractivity (Wildman–Crippen MR) is 58.2 cm³/mol. The maximum Gasteiger partial charge on any atom is 0.234 e. The average molecular weight is 220 g/mol. The topological polar surface area (TPSA) is 70.5 Å². The van der Waals surface area contributed by atoms with Gasteiger partial charge in [0.05, 0.1) is 7.11 Å². The fourth-order valence-electron chi connectivity index (χ4n) is 1.23. The smallest absolute Gasteiger partial charge is 0.234 e. The zero-order valence-corrected chi connectivity index (χ0v) is 8.84. The van der Waals surface area contributed by atoms with E-state index in [1.807, 2.05) is 18.2 Å². The van der Waals surface area contributed by atoms with Crippen molar-refractivity contribution >= 4 is 5.82 Å². The molecule has 0 spiro atoms. The van der Waals surface area contributed by atoms with Crippen LogP contribution in [-0.4, -0.2) is 12.1 Å². The number of aromatic nitrogens is 1. The molecular formula is C11H12N2O3. The van der Waals surface area contributed by atoms with Gasteiger partial charge in [0.25, 0.3) is 0 Å². The molecule has 5 heteroatoms. The largest absolute Gasteiger partial charge is 0.497 e. The van der Waals surface area contributed by atoms with E-state index in [2.05, 4.69) is 4.98 Å². The summed E-state index contributed by atoms with van der Waals surface area (Å²) in [7, 11) is 1.61. The van der Waals surface area contributed by atoms with Gasteiger partial charge in [-0.05, 0) is 12.1 Å². The number of nitrogens with two attached hydrogens (primary N) is 1. The van der Waals surface area contributed by atoms with Crippen molar-refractivity contribution in [1.29, 1.82) is 0 Å². The number of methoxy groups -OCH3 is 1. The van der Waals surface area contributed by atoms with E-state index in [0.29, 0.717) is 17.5 Å². The number of ether oxygens (including phenoxy) is 2. The fourth-order valence-corrected chi connectivity index (χ4v) is 1.23. The second kappa shape index (κ2) is 4.57. The summed E-state index contributed by atoms with van der Waals surface area (Å²) in [6.45, 7) is 0.240. The minimum atomic E-state index is 0.240. The third kappa shape index (κ3) is 2.44. The molecule has 1 aromatic carbocycles. The first-order chi connectivity index (χ1) is 7.78. The molecule has 84 valence electrons. The van der Waals surface area contributed by atoms with Crippen molar-refractivity contribution in [3.05, 3.63) is 36.4 Å². The molecule has 1 heterocycles. The Kier molecular flexibility index (Phi) is 2.95. The number of oxazole rings is 1. The van der Waals surface area contributed by atoms with Crippen molar-refractivity contribution in [2.75, 3.05) is 12.8 Å². The van der Waals surface area contributed by atoms with E-state index >= 15 is 0 Å². The maximum absolute atomic E-state index is 5.46. The van der Waals surface area contributed by atoms with E-state index in [0.717, 1.165) is 5.75 Å². The first-order valence-corrected chi connectivity index (χ1v) is 4.74. The number of nitrogen functional groups attached to an aromatic ring is 1. The van der Waals surface area contributed by atoms with Gasteiger partial charge in [0.1, 0.15) is 17.8 Å². The molecule has 1 aromatic heterocycles. The standard InChI is InChI=1S/C11H12N2O3/c1-14-8-3-2-4-9(5-8)15-7-11-13-10(12)6-16-11/h2-6H,7,12H2,1H3. The van der Waals surface area contributed by atoms with Crippen LogP contribution < -0.4 is 15.2 Å². The Morgan fingerprint density at radius 1 is 1.38 bits per heavy atom. The summed E-state index contributed by atoms with van der Waals surface area (Å²) in [5.41, 5.74) is 5.41. The highest BCUT2D eigenvalue weighted by molar-refractivity contribution is 5.32. The third-order valence-electron chi connectivity index (χ3n) is 1.97. The Bertz CT molecular complexity index is 468. The number of rotatable bonds is 4. The van der Waals surface area contributed by atoms with Gasteiger partial charge in [-0.25, -0.2) is 0 Å². The summed E-state index contributed by atoms with van der Waals surface area (Å²) in [5.74, 6) is 2.23. The number of benzene rings is 1. The minimum Gasteiger partial charge on any atom is -0.497 e. The SMILES string of the molecule is COc1cccc(OCc2nc(N)co2)c1. The zero-order chi connectivity index (χ0) is 11.4. The van der Waals surface area contributed by atoms with Gasteiger partial charge in [-0.3, -0.25) is 0 Å². The molecule has 16 heavy (non-hydrogen) atoms. The lowest BCUT2D eigenvalue weighted by Gasteiger charge is -2.05. The molecule has 2 aromatic rings. The first-order valence-electron chi connectivity index (χ1n) is 4.74. The average Bonchev–Trinajstić information content (AvgIpc) is 2.73. The Hall–Kier alpha value is -2.17. The highest BCUT2D eigenvalue weighted by Crippen LogP contribution is 2.19. The monoisotopic (exact) mass is 220 g/mol. The van der Waals surface area contributed by atoms with Crippen molar-refractivity contribution in [3.8, 4) is 11.5 Å². The Balaban J connectivity index is 1.99. The lowest BCUT2D eigenvalue weighted by Crippen LogP contribution is -1.96. The second-order valence-electron chi connectivity index (χ2n) is 3.13. The molecule has 0 aliphatic carbocycles. The molecule has 0 saturated heterocycles. The quantitative estimate of drug-likeness (QED) is 0.851. The summed E-state index contributed by atoms with van der Waals surface area (Å²) in [6.07, 6.45) is 1.38. The van der Waals surface area contributed by atoms with Crippen LogP contribution in [-0.2, 0) is 6.61 Å². The molecule has 0 fully saturated rings. The highest BCUT2D eigenvalue weighted by atomic mass is 16.5. The number of nitrogens with zero attached hydrogens (tertiary/aromatic N) is 1. The number of hydrogen-bond acceptors (Lipinski definition) is 5. The molecule has 0 saturated carbocycles. The van der Waals surface area contributed by atoms with Crippen LogP contribution in [0.3, 0.4) is 0 Å². The van der Waals surface area contributed by atoms with Crippen molar-refractivity contribution < 1.29 is 13.9 Å². The highest BCUT2D eigenvalue weighted by Gasteiger charge is 2.02. The molecule has 2 rings (SSSR count). The predicted octanol–water partition coefficient (Wildman–Crippen LogP) is 1.84. The summed E-state index contributed by atoms with van der Waals surface area (Å²) in [5, 5.41) is 0. The zero-order valence-electron chi connectivity index (χ0n) is 8.84. The van der Waals surface area contributed by atoms with Gasteiger partial charge < -0.3 is 19.6 Å². The van der Waals surface area contributed by atoms with Crippen molar-refractivity contribution in [2.45, 2.75) is 6.61 Å². The maximum atomic E-state index is 5.46. The molecule has 5 nitrogen and oxygen atoms in total. The van der Waals surface area contributed by atoms with Gasteiger partial charge in [0.2, 0.25) is 5.89 Å². The van der Waals surface area contributed by atoms with E-state index in [4.69, 9.17) is 19.6 Å². The van der Waals surface area contributed by atoms with Crippen LogP contribution in [0.15, 0.2) is 34.9 Å². The van der Waals surface area contributed by atoms with Gasteiger partial charge in [0, 0.05) is 6.07 Å². The minimum absolute atomic E-state index is 0.240. The second-order valence-corrected chi connectivity index (χ2v) is 3.13. The van der Waals surface area contributed by atoms with E-state index in [-0.39, 0.29) is 6.61 Å². The lowest BCUT2D eigenvalue weighted by molar-refractivity contribution is 0.261. The lowest BCUT2D eigenvalue weighted by atomic mass is 10.3. The van der Waals surface area contributed by atoms with Crippen LogP contribution in [0.2, 0.25) is 0 Å². The van der Waals surface area contributed by atoms with Gasteiger partial charge >= 0.3 is 0 Å². The van der Waals surface area contributed by atoms with Crippen LogP contribution in [0.1, 0.15) is 5.89 Å². The molecule has 0 aliphatic rings. The van der Waals surface area contributed by atoms with Gasteiger partial charge in [-0.2, -0.15) is 4.98 Å². The van der Waals surface area contributed by atoms with E-state index in [9.17, 15) is 0 Å². The van der Waals surface area contributed by atoms with Crippen LogP contribution in [0.25, 0.3) is 0 Å². The van der Waals surface area contributed by atoms with Crippen LogP contribution in [0.4, 0.5) is 5.82 Å². The summed E-state index contributed by atoms with van der Waals surface area (Å²) >= 11 is 0. The fraction of sp³-hybridized carbons (Fsp3) is 0.182. The van der Waals surface area contributed by atoms with Gasteiger partial charge in [-0.1, -0.05) is 6.07 Å². The molecule has 0 unspecified atom stereocenters. The van der Waals surface area contributed by atoms with Crippen molar-refractivity contribution in [2.24, 2.45) is 0 Å². The Morgan fingerprint density at radius 2 is 2.19 bits per heavy atom. The van der Waals surface area contributed by atoms with E-state index < -0.39 is 0 Å². The van der Waals surface area contributed by atoms with E-state index in [1.54, 1.807) is 13.2 Å². The molecule has 0 atom stereocenters. The summed E-state index contributed by atoms with van der Waals surface area (Å²) in [4.78, 5) is 3.92. The van der Waals surface area contributed by atoms with Crippen LogP contribution >= 0.6 is 0 Å².